The second-order valence-electron chi connectivity index (χ2n) is 6.36. The molecule has 0 aliphatic rings. The van der Waals surface area contributed by atoms with Gasteiger partial charge >= 0.3 is 8.80 Å². The van der Waals surface area contributed by atoms with Crippen LogP contribution in [0.15, 0.2) is 0 Å². The third kappa shape index (κ3) is 13.3. The molecule has 0 unspecified atom stereocenters. The Morgan fingerprint density at radius 1 is 0.750 bits per heavy atom. The number of hydrogen-bond acceptors (Lipinski definition) is 5. The summed E-state index contributed by atoms with van der Waals surface area (Å²) in [5.74, 6) is 0. The molecular weight excluding hydrogens is 322 g/mol. The second kappa shape index (κ2) is 16.5. The number of rotatable bonds is 18. The van der Waals surface area contributed by atoms with Crippen molar-refractivity contribution >= 4 is 8.80 Å². The minimum absolute atomic E-state index is 0.318. The molecule has 0 spiro atoms. The minimum atomic E-state index is -2.51. The molecule has 0 saturated heterocycles. The van der Waals surface area contributed by atoms with E-state index in [4.69, 9.17) is 18.0 Å². The van der Waals surface area contributed by atoms with E-state index >= 15 is 0 Å². The summed E-state index contributed by atoms with van der Waals surface area (Å²) in [5.41, 5.74) is 0. The molecule has 0 fully saturated rings. The van der Waals surface area contributed by atoms with Crippen molar-refractivity contribution in [2.75, 3.05) is 39.5 Å². The molecule has 24 heavy (non-hydrogen) atoms. The summed E-state index contributed by atoms with van der Waals surface area (Å²) in [6.45, 7) is 15.5. The van der Waals surface area contributed by atoms with E-state index in [-0.39, 0.29) is 0 Å². The topological polar surface area (TPSA) is 49.0 Å². The van der Waals surface area contributed by atoms with E-state index in [1.54, 1.807) is 0 Å². The molecule has 0 saturated carbocycles. The molecule has 0 aliphatic heterocycles. The fourth-order valence-corrected chi connectivity index (χ4v) is 5.02. The Morgan fingerprint density at radius 2 is 1.25 bits per heavy atom. The van der Waals surface area contributed by atoms with Gasteiger partial charge in [0.25, 0.3) is 0 Å². The van der Waals surface area contributed by atoms with Gasteiger partial charge in [0.2, 0.25) is 0 Å². The Labute approximate surface area is 151 Å². The van der Waals surface area contributed by atoms with Crippen LogP contribution in [0.25, 0.3) is 0 Å². The van der Waals surface area contributed by atoms with Gasteiger partial charge in [-0.15, -0.1) is 0 Å². The van der Waals surface area contributed by atoms with Gasteiger partial charge < -0.3 is 23.3 Å². The first-order valence-corrected chi connectivity index (χ1v) is 11.8. The molecule has 0 bridgehead atoms. The monoisotopic (exact) mass is 363 g/mol. The Bertz CT molecular complexity index is 246. The molecule has 0 amide bonds. The normalized spacial score (nSPS) is 12.2. The molecule has 6 heteroatoms. The zero-order chi connectivity index (χ0) is 18.1. The predicted octanol–water partition coefficient (Wildman–Crippen LogP) is 4.00. The summed E-state index contributed by atoms with van der Waals surface area (Å²) in [6.07, 6.45) is 5.37. The van der Waals surface area contributed by atoms with Crippen LogP contribution in [0.5, 0.6) is 0 Å². The first-order chi connectivity index (χ1) is 11.6. The van der Waals surface area contributed by atoms with Crippen molar-refractivity contribution in [3.05, 3.63) is 0 Å². The molecule has 0 heterocycles. The SMILES string of the molecule is CCCO[Si](CCCNCCCOC(C)C)(OCCC)OCCC. The Balaban J connectivity index is 4.12. The first kappa shape index (κ1) is 24.0. The molecule has 1 N–H and O–H groups in total. The lowest BCUT2D eigenvalue weighted by molar-refractivity contribution is 0.0586. The van der Waals surface area contributed by atoms with Crippen molar-refractivity contribution in [2.24, 2.45) is 0 Å². The summed E-state index contributed by atoms with van der Waals surface area (Å²) in [4.78, 5) is 0. The van der Waals surface area contributed by atoms with E-state index in [0.29, 0.717) is 6.10 Å². The maximum absolute atomic E-state index is 6.10. The smallest absolute Gasteiger partial charge is 0.379 e. The average Bonchev–Trinajstić information content (AvgIpc) is 2.57. The zero-order valence-electron chi connectivity index (χ0n) is 16.7. The van der Waals surface area contributed by atoms with E-state index in [1.165, 1.54) is 0 Å². The van der Waals surface area contributed by atoms with E-state index < -0.39 is 8.80 Å². The Hall–Kier alpha value is 0.0169. The lowest BCUT2D eigenvalue weighted by Crippen LogP contribution is -2.47. The van der Waals surface area contributed by atoms with E-state index in [9.17, 15) is 0 Å². The van der Waals surface area contributed by atoms with Gasteiger partial charge in [-0.3, -0.25) is 0 Å². The van der Waals surface area contributed by atoms with Gasteiger partial charge in [-0.05, 0) is 59.0 Å². The standard InChI is InChI=1S/C18H41NO4Si/c1-6-13-21-24(22-14-7-2,23-15-8-3)17-10-12-19-11-9-16-20-18(4)5/h18-19H,6-17H2,1-5H3. The highest BCUT2D eigenvalue weighted by molar-refractivity contribution is 6.60. The van der Waals surface area contributed by atoms with Crippen molar-refractivity contribution < 1.29 is 18.0 Å². The van der Waals surface area contributed by atoms with Crippen LogP contribution in [-0.2, 0) is 18.0 Å². The third-order valence-electron chi connectivity index (χ3n) is 3.36. The van der Waals surface area contributed by atoms with E-state index in [1.807, 2.05) is 0 Å². The molecule has 0 rings (SSSR count). The van der Waals surface area contributed by atoms with Gasteiger partial charge in [0.1, 0.15) is 0 Å². The number of ether oxygens (including phenoxy) is 1. The molecule has 0 aromatic heterocycles. The lowest BCUT2D eigenvalue weighted by atomic mass is 10.4. The van der Waals surface area contributed by atoms with Gasteiger partial charge in [0.05, 0.1) is 6.10 Å². The summed E-state index contributed by atoms with van der Waals surface area (Å²) in [6, 6.07) is 0.891. The maximum Gasteiger partial charge on any atom is 0.501 e. The highest BCUT2D eigenvalue weighted by Crippen LogP contribution is 2.19. The van der Waals surface area contributed by atoms with Crippen LogP contribution in [0.2, 0.25) is 6.04 Å². The van der Waals surface area contributed by atoms with Gasteiger partial charge in [0.15, 0.2) is 0 Å². The molecule has 0 atom stereocenters. The molecule has 0 radical (unpaired) electrons. The quantitative estimate of drug-likeness (QED) is 0.295. The molecule has 5 nitrogen and oxygen atoms in total. The van der Waals surface area contributed by atoms with Crippen molar-refractivity contribution in [1.82, 2.24) is 5.32 Å². The van der Waals surface area contributed by atoms with Crippen LogP contribution in [-0.4, -0.2) is 54.4 Å². The summed E-state index contributed by atoms with van der Waals surface area (Å²) in [5, 5.41) is 3.48. The van der Waals surface area contributed by atoms with Crippen LogP contribution in [0.3, 0.4) is 0 Å². The maximum atomic E-state index is 6.10. The van der Waals surface area contributed by atoms with Gasteiger partial charge in [-0.2, -0.15) is 0 Å². The zero-order valence-corrected chi connectivity index (χ0v) is 17.7. The fourth-order valence-electron chi connectivity index (χ4n) is 2.19. The largest absolute Gasteiger partial charge is 0.501 e. The third-order valence-corrected chi connectivity index (χ3v) is 6.26. The van der Waals surface area contributed by atoms with Crippen LogP contribution < -0.4 is 5.32 Å². The fraction of sp³-hybridized carbons (Fsp3) is 1.00. The summed E-state index contributed by atoms with van der Waals surface area (Å²) < 4.78 is 23.8. The number of hydrogen-bond donors (Lipinski definition) is 1. The number of nitrogens with one attached hydrogen (secondary N) is 1. The Morgan fingerprint density at radius 3 is 1.71 bits per heavy atom. The second-order valence-corrected chi connectivity index (χ2v) is 9.09. The minimum Gasteiger partial charge on any atom is -0.379 e. The van der Waals surface area contributed by atoms with Gasteiger partial charge in [-0.1, -0.05) is 20.8 Å². The van der Waals surface area contributed by atoms with Crippen LogP contribution in [0.1, 0.15) is 66.7 Å². The molecule has 0 aromatic rings. The van der Waals surface area contributed by atoms with Crippen LogP contribution in [0, 0.1) is 0 Å². The van der Waals surface area contributed by atoms with E-state index in [0.717, 1.165) is 77.7 Å². The van der Waals surface area contributed by atoms with Gasteiger partial charge in [-0.25, -0.2) is 0 Å². The predicted molar refractivity (Wildman–Crippen MR) is 102 cm³/mol. The Kier molecular flexibility index (Phi) is 16.5. The van der Waals surface area contributed by atoms with Crippen molar-refractivity contribution in [3.8, 4) is 0 Å². The molecule has 0 aromatic carbocycles. The lowest BCUT2D eigenvalue weighted by Gasteiger charge is -2.29. The van der Waals surface area contributed by atoms with Crippen molar-refractivity contribution in [2.45, 2.75) is 78.9 Å². The summed E-state index contributed by atoms with van der Waals surface area (Å²) in [7, 11) is -2.51. The average molecular weight is 364 g/mol. The summed E-state index contributed by atoms with van der Waals surface area (Å²) >= 11 is 0. The molecule has 146 valence electrons. The first-order valence-electron chi connectivity index (χ1n) is 9.84. The van der Waals surface area contributed by atoms with Crippen molar-refractivity contribution in [3.63, 3.8) is 0 Å². The van der Waals surface area contributed by atoms with E-state index in [2.05, 4.69) is 39.9 Å². The molecule has 0 aliphatic carbocycles. The van der Waals surface area contributed by atoms with Gasteiger partial charge in [0, 0.05) is 32.5 Å². The molecular formula is C18H41NO4Si. The van der Waals surface area contributed by atoms with Crippen LogP contribution in [0.4, 0.5) is 0 Å². The highest BCUT2D eigenvalue weighted by Gasteiger charge is 2.40. The van der Waals surface area contributed by atoms with Crippen LogP contribution >= 0.6 is 0 Å². The van der Waals surface area contributed by atoms with Crippen molar-refractivity contribution in [1.29, 1.82) is 0 Å². The highest BCUT2D eigenvalue weighted by atomic mass is 28.4.